The molecular formula is C27H34N2O4. The van der Waals surface area contributed by atoms with Crippen LogP contribution in [0.5, 0.6) is 11.5 Å². The second-order valence-electron chi connectivity index (χ2n) is 8.73. The van der Waals surface area contributed by atoms with Gasteiger partial charge >= 0.3 is 5.97 Å². The van der Waals surface area contributed by atoms with E-state index >= 15 is 0 Å². The Morgan fingerprint density at radius 3 is 2.64 bits per heavy atom. The number of rotatable bonds is 10. The Labute approximate surface area is 195 Å². The van der Waals surface area contributed by atoms with E-state index in [0.717, 1.165) is 59.2 Å². The van der Waals surface area contributed by atoms with Crippen LogP contribution in [-0.4, -0.2) is 47.3 Å². The lowest BCUT2D eigenvalue weighted by molar-refractivity contribution is -0.144. The van der Waals surface area contributed by atoms with E-state index in [1.807, 2.05) is 30.3 Å². The molecule has 0 spiro atoms. The highest BCUT2D eigenvalue weighted by molar-refractivity contribution is 5.87. The van der Waals surface area contributed by atoms with Gasteiger partial charge in [0.1, 0.15) is 6.04 Å². The van der Waals surface area contributed by atoms with Gasteiger partial charge in [0, 0.05) is 23.0 Å². The molecule has 176 valence electrons. The standard InChI is InChI=1S/C27H34N2O4/c1-4-6-14-29-22(27(30)31)17-20-19-10-8-9-11-21(19)28-25(20)26(29)18-12-13-23(24(16-18)32-3)33-15-7-5-2/h8-13,16,22,26,28H,4-7,14-15,17H2,1-3H3,(H,30,31)/t22-,26-/m0/s1. The minimum atomic E-state index is -0.779. The molecule has 2 aromatic carbocycles. The lowest BCUT2D eigenvalue weighted by Gasteiger charge is -2.40. The van der Waals surface area contributed by atoms with Gasteiger partial charge in [-0.05, 0) is 48.7 Å². The Balaban J connectivity index is 1.83. The third-order valence-corrected chi connectivity index (χ3v) is 6.56. The number of carboxylic acids is 1. The number of methoxy groups -OCH3 is 1. The van der Waals surface area contributed by atoms with Crippen molar-refractivity contribution in [3.8, 4) is 11.5 Å². The number of hydrogen-bond donors (Lipinski definition) is 2. The highest BCUT2D eigenvalue weighted by atomic mass is 16.5. The molecular weight excluding hydrogens is 416 g/mol. The molecule has 1 aliphatic rings. The van der Waals surface area contributed by atoms with E-state index in [4.69, 9.17) is 9.47 Å². The second-order valence-corrected chi connectivity index (χ2v) is 8.73. The van der Waals surface area contributed by atoms with Gasteiger partial charge in [0.05, 0.1) is 19.8 Å². The maximum atomic E-state index is 12.4. The molecule has 33 heavy (non-hydrogen) atoms. The molecule has 6 heteroatoms. The first-order valence-electron chi connectivity index (χ1n) is 12.0. The Morgan fingerprint density at radius 2 is 1.91 bits per heavy atom. The summed E-state index contributed by atoms with van der Waals surface area (Å²) in [6, 6.07) is 13.4. The minimum Gasteiger partial charge on any atom is -0.493 e. The van der Waals surface area contributed by atoms with Crippen LogP contribution in [0.2, 0.25) is 0 Å². The van der Waals surface area contributed by atoms with Crippen LogP contribution in [0.15, 0.2) is 42.5 Å². The van der Waals surface area contributed by atoms with Crippen LogP contribution in [0, 0.1) is 0 Å². The summed E-state index contributed by atoms with van der Waals surface area (Å²) < 4.78 is 11.6. The normalized spacial score (nSPS) is 18.3. The van der Waals surface area contributed by atoms with Gasteiger partial charge in [0.25, 0.3) is 0 Å². The fraction of sp³-hybridized carbons (Fsp3) is 0.444. The highest BCUT2D eigenvalue weighted by Crippen LogP contribution is 2.43. The topological polar surface area (TPSA) is 74.8 Å². The monoisotopic (exact) mass is 450 g/mol. The Hall–Kier alpha value is -2.99. The Kier molecular flexibility index (Phi) is 7.23. The molecule has 0 bridgehead atoms. The number of carbonyl (C=O) groups is 1. The number of aliphatic carboxylic acids is 1. The van der Waals surface area contributed by atoms with Gasteiger partial charge in [-0.25, -0.2) is 0 Å². The van der Waals surface area contributed by atoms with Crippen LogP contribution >= 0.6 is 0 Å². The molecule has 2 heterocycles. The van der Waals surface area contributed by atoms with Crippen molar-refractivity contribution in [2.45, 2.75) is 58.0 Å². The van der Waals surface area contributed by atoms with Gasteiger partial charge < -0.3 is 19.6 Å². The molecule has 1 aromatic heterocycles. The fourth-order valence-corrected chi connectivity index (χ4v) is 4.84. The Morgan fingerprint density at radius 1 is 1.12 bits per heavy atom. The number of aromatic nitrogens is 1. The van der Waals surface area contributed by atoms with Crippen molar-refractivity contribution < 1.29 is 19.4 Å². The molecule has 0 saturated carbocycles. The molecule has 0 radical (unpaired) electrons. The van der Waals surface area contributed by atoms with E-state index in [9.17, 15) is 9.90 Å². The number of benzene rings is 2. The molecule has 0 aliphatic carbocycles. The first-order valence-corrected chi connectivity index (χ1v) is 12.0. The molecule has 2 N–H and O–H groups in total. The van der Waals surface area contributed by atoms with Gasteiger partial charge in [-0.15, -0.1) is 0 Å². The summed E-state index contributed by atoms with van der Waals surface area (Å²) >= 11 is 0. The van der Waals surface area contributed by atoms with E-state index < -0.39 is 12.0 Å². The number of hydrogen-bond acceptors (Lipinski definition) is 4. The first kappa shape index (κ1) is 23.2. The summed E-state index contributed by atoms with van der Waals surface area (Å²) in [7, 11) is 1.65. The molecule has 1 aliphatic heterocycles. The summed E-state index contributed by atoms with van der Waals surface area (Å²) in [5, 5.41) is 11.3. The van der Waals surface area contributed by atoms with Crippen molar-refractivity contribution >= 4 is 16.9 Å². The van der Waals surface area contributed by atoms with E-state index in [0.29, 0.717) is 25.3 Å². The van der Waals surface area contributed by atoms with E-state index in [1.165, 1.54) is 0 Å². The largest absolute Gasteiger partial charge is 0.493 e. The predicted molar refractivity (Wildman–Crippen MR) is 130 cm³/mol. The van der Waals surface area contributed by atoms with Gasteiger partial charge in [-0.2, -0.15) is 0 Å². The van der Waals surface area contributed by atoms with Crippen molar-refractivity contribution in [1.82, 2.24) is 9.88 Å². The lowest BCUT2D eigenvalue weighted by atomic mass is 9.87. The number of ether oxygens (including phenoxy) is 2. The molecule has 0 unspecified atom stereocenters. The van der Waals surface area contributed by atoms with Crippen LogP contribution in [0.4, 0.5) is 0 Å². The molecule has 0 saturated heterocycles. The zero-order valence-electron chi connectivity index (χ0n) is 19.8. The third kappa shape index (κ3) is 4.58. The highest BCUT2D eigenvalue weighted by Gasteiger charge is 2.40. The molecule has 3 aromatic rings. The first-order chi connectivity index (χ1) is 16.1. The van der Waals surface area contributed by atoms with Crippen molar-refractivity contribution in [2.24, 2.45) is 0 Å². The maximum absolute atomic E-state index is 12.4. The number of carboxylic acid groups (broad SMARTS) is 1. The van der Waals surface area contributed by atoms with Crippen LogP contribution in [0.3, 0.4) is 0 Å². The molecule has 6 nitrogen and oxygen atoms in total. The lowest BCUT2D eigenvalue weighted by Crippen LogP contribution is -2.48. The predicted octanol–water partition coefficient (Wildman–Crippen LogP) is 5.56. The third-order valence-electron chi connectivity index (χ3n) is 6.56. The van der Waals surface area contributed by atoms with E-state index in [1.54, 1.807) is 7.11 Å². The van der Waals surface area contributed by atoms with Gasteiger partial charge in [0.15, 0.2) is 11.5 Å². The number of unbranched alkanes of at least 4 members (excludes halogenated alkanes) is 2. The van der Waals surface area contributed by atoms with E-state index in [2.05, 4.69) is 35.9 Å². The van der Waals surface area contributed by atoms with Gasteiger partial charge in [0.2, 0.25) is 0 Å². The number of aromatic amines is 1. The van der Waals surface area contributed by atoms with E-state index in [-0.39, 0.29) is 6.04 Å². The van der Waals surface area contributed by atoms with Crippen LogP contribution < -0.4 is 9.47 Å². The van der Waals surface area contributed by atoms with Crippen molar-refractivity contribution in [3.63, 3.8) is 0 Å². The van der Waals surface area contributed by atoms with Crippen molar-refractivity contribution in [2.75, 3.05) is 20.3 Å². The summed E-state index contributed by atoms with van der Waals surface area (Å²) in [4.78, 5) is 18.2. The van der Waals surface area contributed by atoms with Crippen LogP contribution in [-0.2, 0) is 11.2 Å². The number of nitrogens with one attached hydrogen (secondary N) is 1. The summed E-state index contributed by atoms with van der Waals surface area (Å²) in [6.07, 6.45) is 4.48. The fourth-order valence-electron chi connectivity index (χ4n) is 4.84. The van der Waals surface area contributed by atoms with Gasteiger partial charge in [-0.1, -0.05) is 51.0 Å². The smallest absolute Gasteiger partial charge is 0.321 e. The quantitative estimate of drug-likeness (QED) is 0.396. The number of para-hydroxylation sites is 1. The molecule has 4 rings (SSSR count). The Bertz CT molecular complexity index is 1110. The average Bonchev–Trinajstić information content (AvgIpc) is 3.20. The maximum Gasteiger partial charge on any atom is 0.321 e. The molecule has 2 atom stereocenters. The zero-order valence-corrected chi connectivity index (χ0v) is 19.8. The molecule has 0 fully saturated rings. The van der Waals surface area contributed by atoms with Crippen LogP contribution in [0.1, 0.15) is 62.4 Å². The average molecular weight is 451 g/mol. The van der Waals surface area contributed by atoms with Gasteiger partial charge in [-0.3, -0.25) is 9.69 Å². The van der Waals surface area contributed by atoms with Crippen molar-refractivity contribution in [3.05, 3.63) is 59.3 Å². The van der Waals surface area contributed by atoms with Crippen molar-refractivity contribution in [1.29, 1.82) is 0 Å². The summed E-state index contributed by atoms with van der Waals surface area (Å²) in [5.41, 5.74) is 4.22. The van der Waals surface area contributed by atoms with Crippen LogP contribution in [0.25, 0.3) is 10.9 Å². The number of fused-ring (bicyclic) bond motifs is 3. The number of nitrogens with zero attached hydrogens (tertiary/aromatic N) is 1. The number of H-pyrrole nitrogens is 1. The zero-order chi connectivity index (χ0) is 23.4. The summed E-state index contributed by atoms with van der Waals surface area (Å²) in [5.74, 6) is 0.616. The molecule has 0 amide bonds. The SMILES string of the molecule is CCCCOc1ccc([C@H]2c3[nH]c4ccccc4c3C[C@@H](C(=O)O)N2CCCC)cc1OC. The second kappa shape index (κ2) is 10.3. The summed E-state index contributed by atoms with van der Waals surface area (Å²) in [6.45, 7) is 5.62. The minimum absolute atomic E-state index is 0.201.